The Kier molecular flexibility index (Phi) is 27.3. The zero-order valence-electron chi connectivity index (χ0n) is 53.3. The Bertz CT molecular complexity index is 2490. The number of halogens is 2. The summed E-state index contributed by atoms with van der Waals surface area (Å²) in [5.74, 6) is 1.36. The summed E-state index contributed by atoms with van der Waals surface area (Å²) in [5, 5.41) is 52.3. The summed E-state index contributed by atoms with van der Waals surface area (Å²) < 4.78 is 35.0. The molecule has 0 radical (unpaired) electrons. The Hall–Kier alpha value is -2.70. The predicted octanol–water partition coefficient (Wildman–Crippen LogP) is 18.4. The van der Waals surface area contributed by atoms with Gasteiger partial charge in [-0.2, -0.15) is 0 Å². The Morgan fingerprint density at radius 1 is 0.380 bits per heavy atom. The van der Waals surface area contributed by atoms with Crippen molar-refractivity contribution in [3.8, 4) is 23.0 Å². The van der Waals surface area contributed by atoms with Crippen molar-refractivity contribution in [1.29, 1.82) is 0 Å². The summed E-state index contributed by atoms with van der Waals surface area (Å²) in [6.45, 7) is 53.6. The van der Waals surface area contributed by atoms with Crippen molar-refractivity contribution in [2.24, 2.45) is 0 Å². The van der Waals surface area contributed by atoms with Crippen LogP contribution in [0.25, 0.3) is 0 Å². The minimum Gasteiger partial charge on any atom is -0.507 e. The Morgan fingerprint density at radius 3 is 0.734 bits per heavy atom. The van der Waals surface area contributed by atoms with Gasteiger partial charge in [-0.05, 0) is 136 Å². The van der Waals surface area contributed by atoms with Crippen LogP contribution in [0.2, 0.25) is 0 Å². The molecular weight excluding hydrogens is 1170 g/mol. The van der Waals surface area contributed by atoms with E-state index in [2.05, 4.69) is 153 Å². The van der Waals surface area contributed by atoms with Crippen molar-refractivity contribution in [2.75, 3.05) is 13.2 Å². The van der Waals surface area contributed by atoms with Crippen LogP contribution in [0.3, 0.4) is 0 Å². The molecule has 0 saturated heterocycles. The van der Waals surface area contributed by atoms with E-state index in [-0.39, 0.29) is 85.0 Å². The smallest absolute Gasteiger partial charge is 0.335 e. The molecule has 0 unspecified atom stereocenters. The van der Waals surface area contributed by atoms with Crippen LogP contribution in [0.15, 0.2) is 48.5 Å². The van der Waals surface area contributed by atoms with Crippen molar-refractivity contribution < 1.29 is 53.5 Å². The van der Waals surface area contributed by atoms with Crippen LogP contribution < -0.4 is 0 Å². The van der Waals surface area contributed by atoms with E-state index in [9.17, 15) is 44.4 Å². The quantitative estimate of drug-likeness (QED) is 0.0590. The molecule has 4 aromatic carbocycles. The van der Waals surface area contributed by atoms with E-state index in [1.165, 1.54) is 5.56 Å². The van der Waals surface area contributed by atoms with E-state index in [1.54, 1.807) is 12.1 Å². The molecule has 0 aromatic heterocycles. The highest BCUT2D eigenvalue weighted by Crippen LogP contribution is 2.53. The number of aromatic hydroxyl groups is 4. The molecule has 452 valence electrons. The maximum atomic E-state index is 12.9. The Morgan fingerprint density at radius 2 is 0.570 bits per heavy atom. The molecule has 0 spiro atoms. The zero-order valence-corrected chi connectivity index (χ0v) is 58.4. The van der Waals surface area contributed by atoms with Crippen LogP contribution in [-0.2, 0) is 85.8 Å². The lowest BCUT2D eigenvalue weighted by atomic mass is 9.78. The molecule has 0 saturated carbocycles. The van der Waals surface area contributed by atoms with Gasteiger partial charge >= 0.3 is 15.2 Å². The highest BCUT2D eigenvalue weighted by molar-refractivity contribution is 9.08. The number of alkyl halides is 1. The number of hydrogen-bond acceptors (Lipinski definition) is 9. The van der Waals surface area contributed by atoms with Crippen LogP contribution in [0, 0.1) is 0 Å². The van der Waals surface area contributed by atoms with Crippen LogP contribution in [0.4, 0.5) is 0 Å². The first kappa shape index (κ1) is 76.3. The fraction of sp³-hybridized carbons (Fsp3) is 0.625. The van der Waals surface area contributed by atoms with E-state index in [0.717, 1.165) is 49.8 Å². The number of aliphatic hydroxyl groups excluding tert-OH is 1. The summed E-state index contributed by atoms with van der Waals surface area (Å²) in [6, 6.07) is 15.2. The average Bonchev–Trinajstić information content (AvgIpc) is 3.22. The van der Waals surface area contributed by atoms with Crippen LogP contribution >= 0.6 is 48.1 Å². The summed E-state index contributed by atoms with van der Waals surface area (Å²) in [7, 11) is -7.31. The molecule has 0 aliphatic carbocycles. The largest absolute Gasteiger partial charge is 0.507 e. The third kappa shape index (κ3) is 23.5. The third-order valence-electron chi connectivity index (χ3n) is 12.9. The van der Waals surface area contributed by atoms with E-state index in [4.69, 9.17) is 9.05 Å². The topological polar surface area (TPSA) is 194 Å². The molecule has 0 aliphatic rings. The zero-order chi connectivity index (χ0) is 61.6. The van der Waals surface area contributed by atoms with Gasteiger partial charge < -0.3 is 44.4 Å². The molecule has 0 bridgehead atoms. The number of hydrogen-bond donors (Lipinski definition) is 7. The second kappa shape index (κ2) is 28.3. The van der Waals surface area contributed by atoms with Crippen molar-refractivity contribution in [3.05, 3.63) is 115 Å². The molecule has 4 rings (SSSR count). The molecule has 79 heavy (non-hydrogen) atoms. The van der Waals surface area contributed by atoms with Gasteiger partial charge in [-0.15, -0.1) is 17.0 Å². The molecule has 0 amide bonds. The maximum Gasteiger partial charge on any atom is 0.335 e. The van der Waals surface area contributed by atoms with Gasteiger partial charge in [0, 0.05) is 5.33 Å². The van der Waals surface area contributed by atoms with Gasteiger partial charge in [0.25, 0.3) is 0 Å². The summed E-state index contributed by atoms with van der Waals surface area (Å²) in [6.07, 6.45) is -0.0967. The molecule has 0 heterocycles. The number of phenols is 4. The summed E-state index contributed by atoms with van der Waals surface area (Å²) in [4.78, 5) is 18.4. The minimum absolute atomic E-state index is 0. The van der Waals surface area contributed by atoms with Gasteiger partial charge in [-0.1, -0.05) is 218 Å². The van der Waals surface area contributed by atoms with Gasteiger partial charge in [-0.3, -0.25) is 9.13 Å². The van der Waals surface area contributed by atoms with E-state index in [1.807, 2.05) is 79.7 Å². The molecule has 15 heteroatoms. The second-order valence-electron chi connectivity index (χ2n) is 28.9. The van der Waals surface area contributed by atoms with Crippen molar-refractivity contribution in [3.63, 3.8) is 0 Å². The lowest BCUT2D eigenvalue weighted by Gasteiger charge is -2.29. The number of rotatable bonds is 10. The highest BCUT2D eigenvalue weighted by Gasteiger charge is 2.32. The molecule has 0 fully saturated rings. The van der Waals surface area contributed by atoms with E-state index < -0.39 is 15.2 Å². The molecule has 0 atom stereocenters. The van der Waals surface area contributed by atoms with Crippen LogP contribution in [0.5, 0.6) is 23.0 Å². The monoisotopic (exact) mass is 1270 g/mol. The first-order chi connectivity index (χ1) is 34.7. The lowest BCUT2D eigenvalue weighted by Crippen LogP contribution is -2.18. The summed E-state index contributed by atoms with van der Waals surface area (Å²) in [5.41, 5.74) is 9.12. The number of benzene rings is 4. The summed E-state index contributed by atoms with van der Waals surface area (Å²) >= 11 is 3.50. The normalized spacial score (nSPS) is 13.0. The van der Waals surface area contributed by atoms with E-state index >= 15 is 0 Å². The van der Waals surface area contributed by atoms with Crippen molar-refractivity contribution >= 4 is 48.1 Å². The van der Waals surface area contributed by atoms with Gasteiger partial charge in [0.05, 0.1) is 32.1 Å². The molecule has 7 N–H and O–H groups in total. The van der Waals surface area contributed by atoms with Gasteiger partial charge in [0.1, 0.15) is 23.0 Å². The Balaban J connectivity index is 0.00000103. The van der Waals surface area contributed by atoms with E-state index in [0.29, 0.717) is 47.2 Å². The highest BCUT2D eigenvalue weighted by atomic mass is 79.9. The first-order valence-corrected chi connectivity index (χ1v) is 31.9. The lowest BCUT2D eigenvalue weighted by molar-refractivity contribution is 0.219. The van der Waals surface area contributed by atoms with Crippen LogP contribution in [0.1, 0.15) is 247 Å². The van der Waals surface area contributed by atoms with Gasteiger partial charge in [0.15, 0.2) is 0 Å². The number of phenolic OH excluding ortho intramolecular Hbond substituents is 4. The standard InChI is InChI=1S/C19H33O4P.C15H23BrO.C15H25O4P.C15H24O2.BrH/c1-9-22-24(21,23-10-2)13-14-11-15(18(3,4)5)17(20)16(12-14)19(6,7)8;1-14(2,3)11-7-10(9-16)8-12(13(11)17)15(4,5)6;1-14(2,3)11-7-10(9-20(17,18)19)8-12(13(11)16)15(4,5)6;1-14(2,3)11-7-10(9-16)8-12(13(11)17)15(4,5)6;/h11-12,20H,9-10,13H2,1-8H3;7-8,17H,9H2,1-6H3;7-8,16H,9H2,1-6H3,(H2,17,18,19);7-8,16-17H,9H2,1-6H3;1H. The third-order valence-corrected chi connectivity index (χ3v) is 16.4. The SMILES string of the molecule is Br.CC(C)(C)c1cc(CBr)cc(C(C)(C)C)c1O.CC(C)(C)c1cc(CO)cc(C(C)(C)C)c1O.CC(C)(C)c1cc(CP(=O)(O)O)cc(C(C)(C)C)c1O.CCOP(=O)(Cc1cc(C(C)(C)C)c(O)c(C(C)(C)C)c1)OCC. The average molecular weight is 1270 g/mol. The minimum atomic E-state index is -4.13. The molecule has 0 aliphatic heterocycles. The first-order valence-electron chi connectivity index (χ1n) is 27.3. The van der Waals surface area contributed by atoms with Crippen LogP contribution in [-0.4, -0.2) is 48.5 Å². The van der Waals surface area contributed by atoms with Crippen molar-refractivity contribution in [2.45, 2.75) is 248 Å². The van der Waals surface area contributed by atoms with Gasteiger partial charge in [0.2, 0.25) is 0 Å². The predicted molar refractivity (Wildman–Crippen MR) is 341 cm³/mol. The van der Waals surface area contributed by atoms with Crippen molar-refractivity contribution in [1.82, 2.24) is 0 Å². The Labute approximate surface area is 497 Å². The maximum absolute atomic E-state index is 12.9. The fourth-order valence-electron chi connectivity index (χ4n) is 8.69. The second-order valence-corrected chi connectivity index (χ2v) is 33.1. The molecule has 11 nitrogen and oxygen atoms in total. The number of aliphatic hydroxyl groups is 1. The van der Waals surface area contributed by atoms with Gasteiger partial charge in [-0.25, -0.2) is 0 Å². The fourth-order valence-corrected chi connectivity index (χ4v) is 11.3. The molecular formula is C64H106Br2O11P2. The molecule has 4 aromatic rings.